The van der Waals surface area contributed by atoms with Crippen LogP contribution < -0.4 is 0 Å². The van der Waals surface area contributed by atoms with Crippen LogP contribution in [-0.4, -0.2) is 14.5 Å². The zero-order valence-corrected chi connectivity index (χ0v) is 24.6. The van der Waals surface area contributed by atoms with Crippen molar-refractivity contribution in [3.63, 3.8) is 0 Å². The monoisotopic (exact) mass is 563 g/mol. The Morgan fingerprint density at radius 1 is 0.568 bits per heavy atom. The van der Waals surface area contributed by atoms with Gasteiger partial charge in [-0.1, -0.05) is 141 Å². The summed E-state index contributed by atoms with van der Waals surface area (Å²) in [5.74, 6) is 0.726. The van der Waals surface area contributed by atoms with E-state index in [1.165, 1.54) is 44.1 Å². The molecule has 0 fully saturated rings. The van der Waals surface area contributed by atoms with Crippen molar-refractivity contribution < 1.29 is 0 Å². The number of hydrogen-bond donors (Lipinski definition) is 0. The fraction of sp³-hybridized carbons (Fsp3) is 0.0732. The fourth-order valence-corrected chi connectivity index (χ4v) is 7.39. The number of para-hydroxylation sites is 1. The minimum absolute atomic E-state index is 0.163. The van der Waals surface area contributed by atoms with Crippen LogP contribution in [0.2, 0.25) is 0 Å². The van der Waals surface area contributed by atoms with Crippen molar-refractivity contribution in [3.05, 3.63) is 151 Å². The molecule has 8 aromatic rings. The Kier molecular flexibility index (Phi) is 5.24. The second kappa shape index (κ2) is 9.23. The van der Waals surface area contributed by atoms with E-state index in [4.69, 9.17) is 9.97 Å². The van der Waals surface area contributed by atoms with Crippen LogP contribution in [0.15, 0.2) is 140 Å². The average Bonchev–Trinajstić information content (AvgIpc) is 3.55. The summed E-state index contributed by atoms with van der Waals surface area (Å²) in [7, 11) is 0. The van der Waals surface area contributed by atoms with E-state index in [0.29, 0.717) is 0 Å². The highest BCUT2D eigenvalue weighted by molar-refractivity contribution is 6.14. The van der Waals surface area contributed by atoms with Gasteiger partial charge in [-0.05, 0) is 34.0 Å². The number of benzene rings is 6. The summed E-state index contributed by atoms with van der Waals surface area (Å²) < 4.78 is 2.48. The van der Waals surface area contributed by atoms with Crippen LogP contribution in [0.5, 0.6) is 0 Å². The van der Waals surface area contributed by atoms with E-state index in [0.717, 1.165) is 39.2 Å². The maximum Gasteiger partial charge on any atom is 0.160 e. The van der Waals surface area contributed by atoms with Crippen LogP contribution in [0.3, 0.4) is 0 Å². The van der Waals surface area contributed by atoms with Crippen LogP contribution in [0, 0.1) is 0 Å². The highest BCUT2D eigenvalue weighted by Crippen LogP contribution is 2.55. The van der Waals surface area contributed by atoms with Crippen molar-refractivity contribution in [2.75, 3.05) is 0 Å². The zero-order chi connectivity index (χ0) is 29.4. The van der Waals surface area contributed by atoms with Gasteiger partial charge in [-0.25, -0.2) is 9.97 Å². The zero-order valence-electron chi connectivity index (χ0n) is 24.6. The Labute approximate surface area is 256 Å². The first-order chi connectivity index (χ1) is 21.6. The molecule has 0 saturated carbocycles. The van der Waals surface area contributed by atoms with Gasteiger partial charge in [0.05, 0.1) is 28.1 Å². The summed E-state index contributed by atoms with van der Waals surface area (Å²) >= 11 is 0. The molecular weight excluding hydrogens is 534 g/mol. The molecule has 0 amide bonds. The van der Waals surface area contributed by atoms with Crippen molar-refractivity contribution in [2.45, 2.75) is 19.3 Å². The Morgan fingerprint density at radius 3 is 2.07 bits per heavy atom. The lowest BCUT2D eigenvalue weighted by Crippen LogP contribution is -2.14. The van der Waals surface area contributed by atoms with E-state index in [1.54, 1.807) is 0 Å². The third-order valence-electron chi connectivity index (χ3n) is 9.36. The van der Waals surface area contributed by atoms with Gasteiger partial charge in [0.15, 0.2) is 5.82 Å². The van der Waals surface area contributed by atoms with Gasteiger partial charge in [0.1, 0.15) is 0 Å². The van der Waals surface area contributed by atoms with Gasteiger partial charge in [0.25, 0.3) is 0 Å². The predicted octanol–water partition coefficient (Wildman–Crippen LogP) is 10.4. The standard InChI is InChI=1S/C41H29N3/c1-41(2)32-22-12-11-20-30(32)39-36(41)35-29-19-10-9-14-26(29)24-25-33(35)44(39)34-23-13-21-31-37(27-15-5-3-6-16-27)42-40(43-38(31)34)28-17-7-4-8-18-28/h3-25H,1-2H3. The number of rotatable bonds is 3. The summed E-state index contributed by atoms with van der Waals surface area (Å²) in [5.41, 5.74) is 11.3. The van der Waals surface area contributed by atoms with Gasteiger partial charge in [-0.2, -0.15) is 0 Å². The molecule has 0 atom stereocenters. The molecular formula is C41H29N3. The fourth-order valence-electron chi connectivity index (χ4n) is 7.39. The molecule has 1 aliphatic carbocycles. The molecule has 6 aromatic carbocycles. The number of hydrogen-bond acceptors (Lipinski definition) is 2. The third kappa shape index (κ3) is 3.44. The van der Waals surface area contributed by atoms with Crippen molar-refractivity contribution in [1.82, 2.24) is 14.5 Å². The molecule has 1 aliphatic rings. The number of fused-ring (bicyclic) bond motifs is 8. The minimum atomic E-state index is -0.163. The maximum absolute atomic E-state index is 5.34. The second-order valence-electron chi connectivity index (χ2n) is 12.2. The van der Waals surface area contributed by atoms with Gasteiger partial charge in [-0.3, -0.25) is 0 Å². The number of nitrogens with zero attached hydrogens (tertiary/aromatic N) is 3. The Bertz CT molecular complexity index is 2400. The first kappa shape index (κ1) is 25.0. The lowest BCUT2D eigenvalue weighted by Gasteiger charge is -2.21. The molecule has 44 heavy (non-hydrogen) atoms. The molecule has 0 aliphatic heterocycles. The summed E-state index contributed by atoms with van der Waals surface area (Å²) in [5, 5.41) is 4.89. The molecule has 0 unspecified atom stereocenters. The maximum atomic E-state index is 5.34. The molecule has 0 saturated heterocycles. The van der Waals surface area contributed by atoms with Crippen LogP contribution in [0.25, 0.3) is 72.2 Å². The topological polar surface area (TPSA) is 30.7 Å². The molecule has 0 bridgehead atoms. The molecule has 208 valence electrons. The normalized spacial score (nSPS) is 13.4. The molecule has 0 radical (unpaired) electrons. The SMILES string of the molecule is CC1(C)c2ccccc2-c2c1c1c3ccccc3ccc1n2-c1cccc2c(-c3ccccc3)nc(-c3ccccc3)nc12. The van der Waals surface area contributed by atoms with Gasteiger partial charge in [0.2, 0.25) is 0 Å². The Balaban J connectivity index is 1.47. The van der Waals surface area contributed by atoms with E-state index < -0.39 is 0 Å². The largest absolute Gasteiger partial charge is 0.307 e. The third-order valence-corrected chi connectivity index (χ3v) is 9.36. The van der Waals surface area contributed by atoms with Crippen molar-refractivity contribution in [2.24, 2.45) is 0 Å². The summed E-state index contributed by atoms with van der Waals surface area (Å²) in [6.45, 7) is 4.74. The van der Waals surface area contributed by atoms with Crippen LogP contribution in [-0.2, 0) is 5.41 Å². The first-order valence-electron chi connectivity index (χ1n) is 15.2. The van der Waals surface area contributed by atoms with E-state index in [2.05, 4.69) is 140 Å². The lowest BCUT2D eigenvalue weighted by atomic mass is 9.81. The van der Waals surface area contributed by atoms with Gasteiger partial charge in [0, 0.05) is 32.9 Å². The van der Waals surface area contributed by atoms with Crippen molar-refractivity contribution in [3.8, 4) is 39.6 Å². The van der Waals surface area contributed by atoms with Crippen LogP contribution in [0.1, 0.15) is 25.0 Å². The molecule has 3 nitrogen and oxygen atoms in total. The molecule has 2 aromatic heterocycles. The van der Waals surface area contributed by atoms with E-state index in [-0.39, 0.29) is 5.41 Å². The van der Waals surface area contributed by atoms with Crippen molar-refractivity contribution >= 4 is 32.6 Å². The highest BCUT2D eigenvalue weighted by atomic mass is 15.0. The van der Waals surface area contributed by atoms with Crippen LogP contribution >= 0.6 is 0 Å². The van der Waals surface area contributed by atoms with Crippen molar-refractivity contribution in [1.29, 1.82) is 0 Å². The second-order valence-corrected chi connectivity index (χ2v) is 12.2. The van der Waals surface area contributed by atoms with Gasteiger partial charge >= 0.3 is 0 Å². The molecule has 0 spiro atoms. The quantitative estimate of drug-likeness (QED) is 0.214. The predicted molar refractivity (Wildman–Crippen MR) is 182 cm³/mol. The lowest BCUT2D eigenvalue weighted by molar-refractivity contribution is 0.666. The highest BCUT2D eigenvalue weighted by Gasteiger charge is 2.41. The molecule has 9 rings (SSSR count). The first-order valence-corrected chi connectivity index (χ1v) is 15.2. The number of aromatic nitrogens is 3. The molecule has 0 N–H and O–H groups in total. The average molecular weight is 564 g/mol. The van der Waals surface area contributed by atoms with E-state index in [1.807, 2.05) is 18.2 Å². The minimum Gasteiger partial charge on any atom is -0.307 e. The summed E-state index contributed by atoms with van der Waals surface area (Å²) in [6, 6.07) is 49.6. The summed E-state index contributed by atoms with van der Waals surface area (Å²) in [6.07, 6.45) is 0. The van der Waals surface area contributed by atoms with Gasteiger partial charge < -0.3 is 4.57 Å². The molecule has 3 heteroatoms. The van der Waals surface area contributed by atoms with E-state index >= 15 is 0 Å². The van der Waals surface area contributed by atoms with E-state index in [9.17, 15) is 0 Å². The van der Waals surface area contributed by atoms with Gasteiger partial charge in [-0.15, -0.1) is 0 Å². The smallest absolute Gasteiger partial charge is 0.160 e. The Hall–Kier alpha value is -5.54. The molecule has 2 heterocycles. The van der Waals surface area contributed by atoms with Crippen LogP contribution in [0.4, 0.5) is 0 Å². The Morgan fingerprint density at radius 2 is 1.25 bits per heavy atom. The summed E-state index contributed by atoms with van der Waals surface area (Å²) in [4.78, 5) is 10.5.